The number of fused-ring (bicyclic) bond motifs is 1. The lowest BCUT2D eigenvalue weighted by atomic mass is 9.88. The third-order valence-corrected chi connectivity index (χ3v) is 5.45. The average Bonchev–Trinajstić information content (AvgIpc) is 3.06. The maximum Gasteiger partial charge on any atom is 0.253 e. The first-order valence-corrected chi connectivity index (χ1v) is 9.27. The zero-order valence-electron chi connectivity index (χ0n) is 15.0. The van der Waals surface area contributed by atoms with Crippen LogP contribution in [0.2, 0.25) is 0 Å². The number of rotatable bonds is 5. The SMILES string of the molecule is Fc1ccccc1CCC1CN(Cc2ncn3ccccc23)CCC1(F)F. The Morgan fingerprint density at radius 3 is 2.78 bits per heavy atom. The molecule has 1 aliphatic rings. The van der Waals surface area contributed by atoms with E-state index in [1.165, 1.54) is 6.07 Å². The predicted octanol–water partition coefficient (Wildman–Crippen LogP) is 4.56. The van der Waals surface area contributed by atoms with Gasteiger partial charge in [0, 0.05) is 38.2 Å². The van der Waals surface area contributed by atoms with Gasteiger partial charge in [0.25, 0.3) is 5.92 Å². The first-order chi connectivity index (χ1) is 13.0. The summed E-state index contributed by atoms with van der Waals surface area (Å²) in [6, 6.07) is 12.3. The highest BCUT2D eigenvalue weighted by molar-refractivity contribution is 5.51. The van der Waals surface area contributed by atoms with Crippen molar-refractivity contribution in [1.29, 1.82) is 0 Å². The molecule has 0 spiro atoms. The average molecular weight is 373 g/mol. The molecule has 1 fully saturated rings. The highest BCUT2D eigenvalue weighted by Gasteiger charge is 2.43. The molecule has 0 bridgehead atoms. The Bertz CT molecular complexity index is 922. The number of halogens is 3. The fourth-order valence-corrected chi connectivity index (χ4v) is 3.86. The Kier molecular flexibility index (Phi) is 4.91. The summed E-state index contributed by atoms with van der Waals surface area (Å²) in [5.74, 6) is -3.81. The number of alkyl halides is 2. The molecule has 0 aliphatic carbocycles. The van der Waals surface area contributed by atoms with Crippen LogP contribution < -0.4 is 0 Å². The monoisotopic (exact) mass is 373 g/mol. The molecule has 1 aliphatic heterocycles. The molecule has 0 N–H and O–H groups in total. The topological polar surface area (TPSA) is 20.5 Å². The lowest BCUT2D eigenvalue weighted by Gasteiger charge is -2.38. The van der Waals surface area contributed by atoms with Crippen molar-refractivity contribution in [2.75, 3.05) is 13.1 Å². The number of pyridine rings is 1. The van der Waals surface area contributed by atoms with E-state index in [9.17, 15) is 13.2 Å². The summed E-state index contributed by atoms with van der Waals surface area (Å²) >= 11 is 0. The minimum Gasteiger partial charge on any atom is -0.306 e. The van der Waals surface area contributed by atoms with Crippen LogP contribution in [0.5, 0.6) is 0 Å². The number of nitrogens with zero attached hydrogens (tertiary/aromatic N) is 3. The fraction of sp³-hybridized carbons (Fsp3) is 0.381. The van der Waals surface area contributed by atoms with E-state index < -0.39 is 11.8 Å². The van der Waals surface area contributed by atoms with E-state index in [1.807, 2.05) is 33.7 Å². The standard InChI is InChI=1S/C21H22F3N3/c22-18-6-2-1-5-16(18)8-9-17-13-26(12-10-21(17,23)24)14-19-20-7-3-4-11-27(20)15-25-19/h1-7,11,15,17H,8-10,12-14H2. The number of imidazole rings is 1. The summed E-state index contributed by atoms with van der Waals surface area (Å²) in [4.78, 5) is 6.48. The summed E-state index contributed by atoms with van der Waals surface area (Å²) in [6.07, 6.45) is 4.11. The third-order valence-electron chi connectivity index (χ3n) is 5.45. The van der Waals surface area contributed by atoms with Crippen LogP contribution >= 0.6 is 0 Å². The van der Waals surface area contributed by atoms with Gasteiger partial charge in [-0.05, 0) is 36.6 Å². The highest BCUT2D eigenvalue weighted by atomic mass is 19.3. The second-order valence-electron chi connectivity index (χ2n) is 7.26. The predicted molar refractivity (Wildman–Crippen MR) is 98.2 cm³/mol. The summed E-state index contributed by atoms with van der Waals surface area (Å²) < 4.78 is 44.6. The van der Waals surface area contributed by atoms with Crippen molar-refractivity contribution in [3.8, 4) is 0 Å². The number of likely N-dealkylation sites (tertiary alicyclic amines) is 1. The molecular weight excluding hydrogens is 351 g/mol. The Morgan fingerprint density at radius 2 is 1.93 bits per heavy atom. The van der Waals surface area contributed by atoms with Gasteiger partial charge in [0.1, 0.15) is 5.82 Å². The zero-order chi connectivity index (χ0) is 18.9. The fourth-order valence-electron chi connectivity index (χ4n) is 3.86. The van der Waals surface area contributed by atoms with Gasteiger partial charge in [0.2, 0.25) is 0 Å². The molecule has 0 saturated carbocycles. The molecule has 3 heterocycles. The van der Waals surface area contributed by atoms with Crippen LogP contribution in [0.1, 0.15) is 24.1 Å². The molecule has 6 heteroatoms. The van der Waals surface area contributed by atoms with E-state index in [1.54, 1.807) is 24.5 Å². The van der Waals surface area contributed by atoms with Gasteiger partial charge in [-0.2, -0.15) is 0 Å². The molecule has 1 saturated heterocycles. The maximum atomic E-state index is 14.4. The molecule has 0 amide bonds. The van der Waals surface area contributed by atoms with Crippen LogP contribution in [0.4, 0.5) is 13.2 Å². The van der Waals surface area contributed by atoms with E-state index in [-0.39, 0.29) is 18.7 Å². The Balaban J connectivity index is 1.44. The van der Waals surface area contributed by atoms with Gasteiger partial charge in [-0.1, -0.05) is 24.3 Å². The number of aromatic nitrogens is 2. The number of hydrogen-bond acceptors (Lipinski definition) is 2. The quantitative estimate of drug-likeness (QED) is 0.653. The van der Waals surface area contributed by atoms with E-state index in [0.29, 0.717) is 31.6 Å². The second kappa shape index (κ2) is 7.35. The Morgan fingerprint density at radius 1 is 1.11 bits per heavy atom. The zero-order valence-corrected chi connectivity index (χ0v) is 15.0. The largest absolute Gasteiger partial charge is 0.306 e. The van der Waals surface area contributed by atoms with Crippen LogP contribution in [0, 0.1) is 11.7 Å². The normalized spacial score (nSPS) is 20.2. The van der Waals surface area contributed by atoms with Gasteiger partial charge < -0.3 is 4.40 Å². The van der Waals surface area contributed by atoms with Crippen molar-refractivity contribution in [2.45, 2.75) is 31.7 Å². The van der Waals surface area contributed by atoms with Crippen LogP contribution in [-0.4, -0.2) is 33.3 Å². The molecule has 1 aromatic carbocycles. The molecule has 0 radical (unpaired) electrons. The number of benzene rings is 1. The van der Waals surface area contributed by atoms with Crippen molar-refractivity contribution in [3.05, 3.63) is 72.1 Å². The van der Waals surface area contributed by atoms with Crippen LogP contribution in [-0.2, 0) is 13.0 Å². The maximum absolute atomic E-state index is 14.4. The van der Waals surface area contributed by atoms with Gasteiger partial charge in [-0.15, -0.1) is 0 Å². The molecule has 4 rings (SSSR count). The number of piperidine rings is 1. The molecule has 2 aromatic heterocycles. The van der Waals surface area contributed by atoms with E-state index >= 15 is 0 Å². The first-order valence-electron chi connectivity index (χ1n) is 9.27. The van der Waals surface area contributed by atoms with E-state index in [2.05, 4.69) is 4.98 Å². The first kappa shape index (κ1) is 18.0. The second-order valence-corrected chi connectivity index (χ2v) is 7.26. The molecule has 142 valence electrons. The number of aryl methyl sites for hydroxylation is 1. The van der Waals surface area contributed by atoms with Crippen molar-refractivity contribution in [3.63, 3.8) is 0 Å². The van der Waals surface area contributed by atoms with Crippen molar-refractivity contribution in [1.82, 2.24) is 14.3 Å². The molecular formula is C21H22F3N3. The minimum atomic E-state index is -2.71. The molecule has 3 nitrogen and oxygen atoms in total. The Hall–Kier alpha value is -2.34. The van der Waals surface area contributed by atoms with E-state index in [4.69, 9.17) is 0 Å². The lowest BCUT2D eigenvalue weighted by molar-refractivity contribution is -0.109. The third kappa shape index (κ3) is 3.86. The minimum absolute atomic E-state index is 0.166. The van der Waals surface area contributed by atoms with Crippen LogP contribution in [0.3, 0.4) is 0 Å². The highest BCUT2D eigenvalue weighted by Crippen LogP contribution is 2.37. The van der Waals surface area contributed by atoms with Crippen molar-refractivity contribution in [2.24, 2.45) is 5.92 Å². The smallest absolute Gasteiger partial charge is 0.253 e. The molecule has 3 aromatic rings. The van der Waals surface area contributed by atoms with Gasteiger partial charge in [0.15, 0.2) is 0 Å². The van der Waals surface area contributed by atoms with Crippen molar-refractivity contribution >= 4 is 5.52 Å². The Labute approximate surface area is 156 Å². The summed E-state index contributed by atoms with van der Waals surface area (Å²) in [5, 5.41) is 0. The van der Waals surface area contributed by atoms with Gasteiger partial charge in [-0.3, -0.25) is 4.90 Å². The summed E-state index contributed by atoms with van der Waals surface area (Å²) in [5.41, 5.74) is 2.40. The summed E-state index contributed by atoms with van der Waals surface area (Å²) in [7, 11) is 0. The van der Waals surface area contributed by atoms with Gasteiger partial charge >= 0.3 is 0 Å². The molecule has 27 heavy (non-hydrogen) atoms. The summed E-state index contributed by atoms with van der Waals surface area (Å²) in [6.45, 7) is 1.19. The molecule has 1 unspecified atom stereocenters. The van der Waals surface area contributed by atoms with Crippen LogP contribution in [0.25, 0.3) is 5.52 Å². The van der Waals surface area contributed by atoms with Gasteiger partial charge in [-0.25, -0.2) is 18.2 Å². The number of hydrogen-bond donors (Lipinski definition) is 0. The van der Waals surface area contributed by atoms with Gasteiger partial charge in [0.05, 0.1) is 17.5 Å². The van der Waals surface area contributed by atoms with Crippen LogP contribution in [0.15, 0.2) is 55.0 Å². The molecule has 1 atom stereocenters. The lowest BCUT2D eigenvalue weighted by Crippen LogP contribution is -2.46. The van der Waals surface area contributed by atoms with Crippen molar-refractivity contribution < 1.29 is 13.2 Å². The van der Waals surface area contributed by atoms with E-state index in [0.717, 1.165) is 11.2 Å².